The summed E-state index contributed by atoms with van der Waals surface area (Å²) in [6.07, 6.45) is -4.17. The second kappa shape index (κ2) is 6.03. The SMILES string of the molecule is COC(=O)c1ccc(CS(=O)(=O)c2ccc(C(F)(F)F)cn2)o1. The number of sulfone groups is 1. The van der Waals surface area contributed by atoms with E-state index >= 15 is 0 Å². The zero-order valence-corrected chi connectivity index (χ0v) is 12.4. The summed E-state index contributed by atoms with van der Waals surface area (Å²) in [7, 11) is -2.89. The summed E-state index contributed by atoms with van der Waals surface area (Å²) in [6, 6.07) is 3.88. The minimum absolute atomic E-state index is 0.0629. The summed E-state index contributed by atoms with van der Waals surface area (Å²) in [5.41, 5.74) is -1.05. The maximum absolute atomic E-state index is 12.4. The van der Waals surface area contributed by atoms with Crippen LogP contribution in [0.25, 0.3) is 0 Å². The molecule has 0 saturated carbocycles. The predicted octanol–water partition coefficient (Wildman–Crippen LogP) is 2.45. The standard InChI is InChI=1S/C13H10F3NO5S/c1-21-12(18)10-4-3-9(22-10)7-23(19,20)11-5-2-8(6-17-11)13(14,15)16/h2-6H,7H2,1H3. The molecule has 0 aliphatic heterocycles. The van der Waals surface area contributed by atoms with Gasteiger partial charge in [0.15, 0.2) is 5.03 Å². The molecule has 0 fully saturated rings. The lowest BCUT2D eigenvalue weighted by Gasteiger charge is -2.07. The van der Waals surface area contributed by atoms with E-state index in [1.165, 1.54) is 12.1 Å². The van der Waals surface area contributed by atoms with E-state index in [1.807, 2.05) is 0 Å². The molecule has 2 aromatic rings. The molecule has 6 nitrogen and oxygen atoms in total. The topological polar surface area (TPSA) is 86.5 Å². The first-order chi connectivity index (χ1) is 10.6. The van der Waals surface area contributed by atoms with Gasteiger partial charge in [-0.15, -0.1) is 0 Å². The normalized spacial score (nSPS) is 12.2. The zero-order chi connectivity index (χ0) is 17.3. The number of pyridine rings is 1. The first-order valence-corrected chi connectivity index (χ1v) is 7.72. The van der Waals surface area contributed by atoms with Crippen molar-refractivity contribution in [3.05, 3.63) is 47.5 Å². The maximum Gasteiger partial charge on any atom is 0.417 e. The zero-order valence-electron chi connectivity index (χ0n) is 11.6. The summed E-state index contributed by atoms with van der Waals surface area (Å²) in [4.78, 5) is 14.5. The Morgan fingerprint density at radius 2 is 1.96 bits per heavy atom. The van der Waals surface area contributed by atoms with Crippen molar-refractivity contribution < 1.29 is 35.5 Å². The molecular formula is C13H10F3NO5S. The third kappa shape index (κ3) is 3.89. The molecule has 0 atom stereocenters. The summed E-state index contributed by atoms with van der Waals surface area (Å²) < 4.78 is 70.9. The smallest absolute Gasteiger partial charge is 0.417 e. The van der Waals surface area contributed by atoms with Crippen molar-refractivity contribution in [3.63, 3.8) is 0 Å². The molecule has 124 valence electrons. The van der Waals surface area contributed by atoms with Crippen LogP contribution in [0.1, 0.15) is 21.9 Å². The Balaban J connectivity index is 2.22. The van der Waals surface area contributed by atoms with Crippen LogP contribution in [0, 0.1) is 0 Å². The molecule has 2 aromatic heterocycles. The molecule has 10 heteroatoms. The van der Waals surface area contributed by atoms with E-state index in [1.54, 1.807) is 0 Å². The maximum atomic E-state index is 12.4. The second-order valence-corrected chi connectivity index (χ2v) is 6.34. The molecule has 0 saturated heterocycles. The van der Waals surface area contributed by atoms with Crippen molar-refractivity contribution in [1.82, 2.24) is 4.98 Å². The molecule has 0 aliphatic carbocycles. The van der Waals surface area contributed by atoms with Gasteiger partial charge < -0.3 is 9.15 Å². The number of furan rings is 1. The quantitative estimate of drug-likeness (QED) is 0.788. The number of carbonyl (C=O) groups is 1. The summed E-state index contributed by atoms with van der Waals surface area (Å²) in [5.74, 6) is -1.67. The van der Waals surface area contributed by atoms with E-state index in [-0.39, 0.29) is 11.5 Å². The van der Waals surface area contributed by atoms with E-state index in [0.717, 1.165) is 13.2 Å². The number of hydrogen-bond donors (Lipinski definition) is 0. The van der Waals surface area contributed by atoms with Gasteiger partial charge in [0.2, 0.25) is 15.6 Å². The molecule has 23 heavy (non-hydrogen) atoms. The van der Waals surface area contributed by atoms with Crippen LogP contribution < -0.4 is 0 Å². The lowest BCUT2D eigenvalue weighted by molar-refractivity contribution is -0.137. The van der Waals surface area contributed by atoms with Crippen LogP contribution in [0.4, 0.5) is 13.2 Å². The number of rotatable bonds is 4. The highest BCUT2D eigenvalue weighted by Gasteiger charge is 2.31. The number of nitrogens with zero attached hydrogens (tertiary/aromatic N) is 1. The Kier molecular flexibility index (Phi) is 4.46. The Morgan fingerprint density at radius 3 is 2.48 bits per heavy atom. The number of halogens is 3. The molecule has 0 spiro atoms. The van der Waals surface area contributed by atoms with E-state index < -0.39 is 38.3 Å². The van der Waals surface area contributed by atoms with Crippen LogP contribution in [0.15, 0.2) is 39.9 Å². The van der Waals surface area contributed by atoms with Crippen LogP contribution in [0.2, 0.25) is 0 Å². The fraction of sp³-hybridized carbons (Fsp3) is 0.231. The average molecular weight is 349 g/mol. The molecule has 0 radical (unpaired) electrons. The molecule has 0 amide bonds. The van der Waals surface area contributed by atoms with Gasteiger partial charge in [-0.1, -0.05) is 0 Å². The van der Waals surface area contributed by atoms with Crippen LogP contribution in [0.5, 0.6) is 0 Å². The van der Waals surface area contributed by atoms with E-state index in [2.05, 4.69) is 9.72 Å². The van der Waals surface area contributed by atoms with E-state index in [9.17, 15) is 26.4 Å². The van der Waals surface area contributed by atoms with Gasteiger partial charge in [0.1, 0.15) is 11.5 Å². The van der Waals surface area contributed by atoms with Gasteiger partial charge in [-0.3, -0.25) is 0 Å². The van der Waals surface area contributed by atoms with Gasteiger partial charge in [-0.25, -0.2) is 18.2 Å². The first-order valence-electron chi connectivity index (χ1n) is 6.06. The number of aromatic nitrogens is 1. The van der Waals surface area contributed by atoms with Crippen molar-refractivity contribution in [3.8, 4) is 0 Å². The van der Waals surface area contributed by atoms with Crippen molar-refractivity contribution in [2.45, 2.75) is 17.0 Å². The lowest BCUT2D eigenvalue weighted by atomic mass is 10.3. The third-order valence-electron chi connectivity index (χ3n) is 2.76. The van der Waals surface area contributed by atoms with Gasteiger partial charge in [0, 0.05) is 6.20 Å². The molecule has 2 rings (SSSR count). The number of hydrogen-bond acceptors (Lipinski definition) is 6. The van der Waals surface area contributed by atoms with Crippen LogP contribution in [-0.2, 0) is 26.5 Å². The fourth-order valence-electron chi connectivity index (χ4n) is 1.66. The number of esters is 1. The molecule has 0 bridgehead atoms. The van der Waals surface area contributed by atoms with Crippen LogP contribution >= 0.6 is 0 Å². The van der Waals surface area contributed by atoms with Gasteiger partial charge in [-0.2, -0.15) is 13.2 Å². The molecule has 0 unspecified atom stereocenters. The average Bonchev–Trinajstić information content (AvgIpc) is 2.93. The number of ether oxygens (including phenoxy) is 1. The summed E-state index contributed by atoms with van der Waals surface area (Å²) >= 11 is 0. The monoisotopic (exact) mass is 349 g/mol. The second-order valence-electron chi connectivity index (χ2n) is 4.40. The fourth-order valence-corrected chi connectivity index (χ4v) is 2.83. The van der Waals surface area contributed by atoms with Crippen molar-refractivity contribution in [2.75, 3.05) is 7.11 Å². The number of carbonyl (C=O) groups excluding carboxylic acids is 1. The van der Waals surface area contributed by atoms with Gasteiger partial charge in [0.25, 0.3) is 0 Å². The Labute approximate surface area is 128 Å². The van der Waals surface area contributed by atoms with Crippen molar-refractivity contribution >= 4 is 15.8 Å². The molecular weight excluding hydrogens is 339 g/mol. The highest BCUT2D eigenvalue weighted by molar-refractivity contribution is 7.90. The van der Waals surface area contributed by atoms with Crippen LogP contribution in [0.3, 0.4) is 0 Å². The predicted molar refractivity (Wildman–Crippen MR) is 70.2 cm³/mol. The van der Waals surface area contributed by atoms with E-state index in [0.29, 0.717) is 12.3 Å². The molecule has 0 N–H and O–H groups in total. The van der Waals surface area contributed by atoms with Gasteiger partial charge >= 0.3 is 12.1 Å². The minimum Gasteiger partial charge on any atom is -0.463 e. The Bertz CT molecular complexity index is 809. The molecule has 2 heterocycles. The van der Waals surface area contributed by atoms with Gasteiger partial charge in [0.05, 0.1) is 12.7 Å². The summed E-state index contributed by atoms with van der Waals surface area (Å²) in [5, 5.41) is -0.526. The minimum atomic E-state index is -4.61. The largest absolute Gasteiger partial charge is 0.463 e. The number of methoxy groups -OCH3 is 1. The third-order valence-corrected chi connectivity index (χ3v) is 4.31. The van der Waals surface area contributed by atoms with Crippen LogP contribution in [-0.4, -0.2) is 26.5 Å². The van der Waals surface area contributed by atoms with E-state index in [4.69, 9.17) is 4.42 Å². The van der Waals surface area contributed by atoms with Crippen molar-refractivity contribution in [2.24, 2.45) is 0 Å². The Hall–Kier alpha value is -2.36. The summed E-state index contributed by atoms with van der Waals surface area (Å²) in [6.45, 7) is 0. The van der Waals surface area contributed by atoms with Crippen molar-refractivity contribution in [1.29, 1.82) is 0 Å². The molecule has 0 aromatic carbocycles. The first kappa shape index (κ1) is 17.0. The number of alkyl halides is 3. The lowest BCUT2D eigenvalue weighted by Crippen LogP contribution is -2.10. The highest BCUT2D eigenvalue weighted by Crippen LogP contribution is 2.29. The van der Waals surface area contributed by atoms with Gasteiger partial charge in [-0.05, 0) is 24.3 Å². The Morgan fingerprint density at radius 1 is 1.26 bits per heavy atom. The highest BCUT2D eigenvalue weighted by atomic mass is 32.2. The molecule has 0 aliphatic rings.